The maximum atomic E-state index is 12.0. The summed E-state index contributed by atoms with van der Waals surface area (Å²) in [6, 6.07) is 11.8. The van der Waals surface area contributed by atoms with E-state index in [1.165, 1.54) is 0 Å². The van der Waals surface area contributed by atoms with Crippen molar-refractivity contribution < 1.29 is 9.59 Å². The number of carbonyl (C=O) groups is 2. The Labute approximate surface area is 141 Å². The van der Waals surface area contributed by atoms with Crippen LogP contribution in [0.15, 0.2) is 36.4 Å². The van der Waals surface area contributed by atoms with Crippen LogP contribution in [0.5, 0.6) is 0 Å². The minimum Gasteiger partial charge on any atom is -0.351 e. The molecule has 1 aromatic carbocycles. The van der Waals surface area contributed by atoms with Gasteiger partial charge in [-0.3, -0.25) is 14.7 Å². The monoisotopic (exact) mass is 326 g/mol. The minimum atomic E-state index is -0.247. The molecule has 126 valence electrons. The molecule has 6 heteroatoms. The number of carbonyl (C=O) groups excluding carboxylic acids is 2. The average molecular weight is 326 g/mol. The Morgan fingerprint density at radius 2 is 2.12 bits per heavy atom. The first-order valence-corrected chi connectivity index (χ1v) is 8.21. The fourth-order valence-corrected chi connectivity index (χ4v) is 2.92. The molecule has 24 heavy (non-hydrogen) atoms. The lowest BCUT2D eigenvalue weighted by Crippen LogP contribution is -2.39. The normalized spacial score (nSPS) is 20.0. The number of hydrogen-bond acceptors (Lipinski definition) is 3. The zero-order valence-corrected chi connectivity index (χ0v) is 13.8. The van der Waals surface area contributed by atoms with Gasteiger partial charge in [-0.1, -0.05) is 30.3 Å². The number of nitrogens with one attached hydrogen (secondary N) is 3. The first-order valence-electron chi connectivity index (χ1n) is 8.21. The van der Waals surface area contributed by atoms with Crippen molar-refractivity contribution >= 4 is 11.8 Å². The minimum absolute atomic E-state index is 0.0202. The van der Waals surface area contributed by atoms with Crippen LogP contribution in [0.2, 0.25) is 0 Å². The molecular weight excluding hydrogens is 304 g/mol. The maximum Gasteiger partial charge on any atom is 0.220 e. The van der Waals surface area contributed by atoms with Crippen molar-refractivity contribution in [2.24, 2.45) is 0 Å². The maximum absolute atomic E-state index is 12.0. The van der Waals surface area contributed by atoms with Crippen molar-refractivity contribution in [1.29, 1.82) is 0 Å². The van der Waals surface area contributed by atoms with Crippen molar-refractivity contribution in [2.75, 3.05) is 0 Å². The van der Waals surface area contributed by atoms with E-state index in [9.17, 15) is 9.59 Å². The average Bonchev–Trinajstić information content (AvgIpc) is 3.19. The quantitative estimate of drug-likeness (QED) is 0.760. The van der Waals surface area contributed by atoms with E-state index in [0.717, 1.165) is 23.4 Å². The van der Waals surface area contributed by atoms with Crippen molar-refractivity contribution in [1.82, 2.24) is 20.8 Å². The highest BCUT2D eigenvalue weighted by molar-refractivity contribution is 5.80. The number of amides is 2. The lowest BCUT2D eigenvalue weighted by molar-refractivity contribution is -0.122. The molecule has 0 aliphatic carbocycles. The van der Waals surface area contributed by atoms with Gasteiger partial charge in [0.15, 0.2) is 0 Å². The Hall–Kier alpha value is -2.63. The molecule has 1 atom stereocenters. The Balaban J connectivity index is 1.47. The molecule has 3 N–H and O–H groups in total. The molecule has 0 unspecified atom stereocenters. The van der Waals surface area contributed by atoms with Crippen LogP contribution in [0.4, 0.5) is 0 Å². The Morgan fingerprint density at radius 3 is 2.83 bits per heavy atom. The highest BCUT2D eigenvalue weighted by atomic mass is 16.2. The van der Waals surface area contributed by atoms with Gasteiger partial charge >= 0.3 is 0 Å². The molecule has 0 radical (unpaired) electrons. The van der Waals surface area contributed by atoms with Crippen LogP contribution in [0.25, 0.3) is 11.3 Å². The van der Waals surface area contributed by atoms with Gasteiger partial charge in [-0.15, -0.1) is 0 Å². The summed E-state index contributed by atoms with van der Waals surface area (Å²) in [7, 11) is 0. The first kappa shape index (κ1) is 16.2. The van der Waals surface area contributed by atoms with Gasteiger partial charge in [-0.05, 0) is 25.8 Å². The summed E-state index contributed by atoms with van der Waals surface area (Å²) in [6.07, 6.45) is 2.40. The van der Waals surface area contributed by atoms with Gasteiger partial charge in [-0.25, -0.2) is 0 Å². The fraction of sp³-hybridized carbons (Fsp3) is 0.389. The molecule has 1 saturated heterocycles. The lowest BCUT2D eigenvalue weighted by Gasteiger charge is -2.23. The number of aromatic amines is 1. The number of hydrogen-bond donors (Lipinski definition) is 3. The summed E-state index contributed by atoms with van der Waals surface area (Å²) in [5, 5.41) is 13.1. The second kappa shape index (κ2) is 6.86. The first-order chi connectivity index (χ1) is 11.5. The zero-order valence-electron chi connectivity index (χ0n) is 13.8. The van der Waals surface area contributed by atoms with Crippen molar-refractivity contribution in [2.45, 2.75) is 44.7 Å². The van der Waals surface area contributed by atoms with E-state index in [4.69, 9.17) is 0 Å². The second-order valence-electron chi connectivity index (χ2n) is 6.53. The summed E-state index contributed by atoms with van der Waals surface area (Å²) in [5.41, 5.74) is 2.52. The van der Waals surface area contributed by atoms with E-state index >= 15 is 0 Å². The summed E-state index contributed by atoms with van der Waals surface area (Å²) < 4.78 is 0. The van der Waals surface area contributed by atoms with Crippen LogP contribution in [0.3, 0.4) is 0 Å². The van der Waals surface area contributed by atoms with Crippen molar-refractivity contribution in [3.05, 3.63) is 42.1 Å². The van der Waals surface area contributed by atoms with Gasteiger partial charge < -0.3 is 10.6 Å². The van der Waals surface area contributed by atoms with Crippen LogP contribution >= 0.6 is 0 Å². The molecule has 2 heterocycles. The molecule has 2 aromatic rings. The largest absolute Gasteiger partial charge is 0.351 e. The number of H-pyrrole nitrogens is 1. The van der Waals surface area contributed by atoms with Gasteiger partial charge in [0.2, 0.25) is 11.8 Å². The molecular formula is C18H22N4O2. The molecule has 6 nitrogen and oxygen atoms in total. The topological polar surface area (TPSA) is 86.9 Å². The van der Waals surface area contributed by atoms with Crippen LogP contribution in [0.1, 0.15) is 38.3 Å². The SMILES string of the molecule is C[C@@]1(CCC(=O)NCc2cc(-c3ccccc3)n[nH]2)CCC(=O)N1. The zero-order chi connectivity index (χ0) is 17.0. The number of benzene rings is 1. The molecule has 0 spiro atoms. The van der Waals surface area contributed by atoms with E-state index in [1.54, 1.807) is 0 Å². The molecule has 0 saturated carbocycles. The van der Waals surface area contributed by atoms with Crippen molar-refractivity contribution in [3.8, 4) is 11.3 Å². The molecule has 2 amide bonds. The lowest BCUT2D eigenvalue weighted by atomic mass is 9.94. The molecule has 3 rings (SSSR count). The predicted molar refractivity (Wildman–Crippen MR) is 90.9 cm³/mol. The molecule has 1 aliphatic heterocycles. The third kappa shape index (κ3) is 4.01. The van der Waals surface area contributed by atoms with Crippen LogP contribution in [0, 0.1) is 0 Å². The number of rotatable bonds is 6. The van der Waals surface area contributed by atoms with Crippen LogP contribution < -0.4 is 10.6 Å². The van der Waals surface area contributed by atoms with Gasteiger partial charge in [0.05, 0.1) is 17.9 Å². The summed E-state index contributed by atoms with van der Waals surface area (Å²) in [4.78, 5) is 23.3. The van der Waals surface area contributed by atoms with Gasteiger partial charge in [0, 0.05) is 23.9 Å². The van der Waals surface area contributed by atoms with E-state index < -0.39 is 0 Å². The van der Waals surface area contributed by atoms with Gasteiger partial charge in [0.1, 0.15) is 0 Å². The molecule has 1 aliphatic rings. The summed E-state index contributed by atoms with van der Waals surface area (Å²) in [5.74, 6) is 0.0528. The highest BCUT2D eigenvalue weighted by Gasteiger charge is 2.32. The Kier molecular flexibility index (Phi) is 4.64. The smallest absolute Gasteiger partial charge is 0.220 e. The Bertz CT molecular complexity index is 726. The Morgan fingerprint density at radius 1 is 1.33 bits per heavy atom. The van der Waals surface area contributed by atoms with Gasteiger partial charge in [0.25, 0.3) is 0 Å². The summed E-state index contributed by atoms with van der Waals surface area (Å²) >= 11 is 0. The van der Waals surface area contributed by atoms with E-state index in [2.05, 4.69) is 20.8 Å². The second-order valence-corrected chi connectivity index (χ2v) is 6.53. The van der Waals surface area contributed by atoms with Crippen LogP contribution in [-0.2, 0) is 16.1 Å². The molecule has 1 aromatic heterocycles. The van der Waals surface area contributed by atoms with Crippen molar-refractivity contribution in [3.63, 3.8) is 0 Å². The highest BCUT2D eigenvalue weighted by Crippen LogP contribution is 2.24. The van der Waals surface area contributed by atoms with E-state index in [0.29, 0.717) is 25.8 Å². The third-order valence-electron chi connectivity index (χ3n) is 4.43. The predicted octanol–water partition coefficient (Wildman–Crippen LogP) is 2.14. The third-order valence-corrected chi connectivity index (χ3v) is 4.43. The van der Waals surface area contributed by atoms with Crippen LogP contribution in [-0.4, -0.2) is 27.6 Å². The van der Waals surface area contributed by atoms with Gasteiger partial charge in [-0.2, -0.15) is 5.10 Å². The van der Waals surface area contributed by atoms with E-state index in [1.807, 2.05) is 43.3 Å². The number of aromatic nitrogens is 2. The molecule has 0 bridgehead atoms. The molecule has 1 fully saturated rings. The fourth-order valence-electron chi connectivity index (χ4n) is 2.92. The van der Waals surface area contributed by atoms with E-state index in [-0.39, 0.29) is 17.4 Å². The standard InChI is InChI=1S/C18H22N4O2/c1-18(10-8-17(24)20-18)9-7-16(23)19-12-14-11-15(22-21-14)13-5-3-2-4-6-13/h2-6,11H,7-10,12H2,1H3,(H,19,23)(H,20,24)(H,21,22)/t18-/m1/s1. The summed E-state index contributed by atoms with van der Waals surface area (Å²) in [6.45, 7) is 2.41. The number of nitrogens with zero attached hydrogens (tertiary/aromatic N) is 1.